The number of hydrogen-bond acceptors (Lipinski definition) is 6. The van der Waals surface area contributed by atoms with Crippen molar-refractivity contribution < 1.29 is 27.6 Å². The number of pyridine rings is 2. The number of alkyl halides is 2. The fourth-order valence-electron chi connectivity index (χ4n) is 5.70. The molecule has 1 aromatic carbocycles. The average molecular weight is 625 g/mol. The Kier molecular flexibility index (Phi) is 9.15. The minimum absolute atomic E-state index is 0.0364. The molecule has 3 heterocycles. The first-order valence-corrected chi connectivity index (χ1v) is 14.5. The molecule has 1 aliphatic heterocycles. The zero-order chi connectivity index (χ0) is 31.4. The summed E-state index contributed by atoms with van der Waals surface area (Å²) >= 11 is 6.54. The van der Waals surface area contributed by atoms with Gasteiger partial charge in [0.2, 0.25) is 23.6 Å². The number of rotatable bonds is 8. The number of aromatic nitrogens is 2. The molecular formula is C31H28ClF3N6O3. The van der Waals surface area contributed by atoms with Crippen molar-refractivity contribution in [2.24, 2.45) is 0 Å². The Labute approximate surface area is 256 Å². The molecule has 44 heavy (non-hydrogen) atoms. The molecular weight excluding hydrogens is 597 g/mol. The van der Waals surface area contributed by atoms with Crippen molar-refractivity contribution in [2.75, 3.05) is 9.80 Å². The van der Waals surface area contributed by atoms with Crippen molar-refractivity contribution in [3.8, 4) is 6.07 Å². The van der Waals surface area contributed by atoms with E-state index < -0.39 is 54.5 Å². The first-order chi connectivity index (χ1) is 21.1. The van der Waals surface area contributed by atoms with Gasteiger partial charge in [0.15, 0.2) is 0 Å². The Morgan fingerprint density at radius 2 is 1.91 bits per heavy atom. The lowest BCUT2D eigenvalue weighted by atomic mass is 9.91. The van der Waals surface area contributed by atoms with Crippen molar-refractivity contribution in [3.63, 3.8) is 0 Å². The minimum atomic E-state index is -2.81. The number of halogens is 4. The second kappa shape index (κ2) is 13.0. The maximum atomic E-state index is 14.5. The Balaban J connectivity index is 1.52. The van der Waals surface area contributed by atoms with Crippen molar-refractivity contribution in [2.45, 2.75) is 69.0 Å². The van der Waals surface area contributed by atoms with Crippen LogP contribution < -0.4 is 15.1 Å². The lowest BCUT2D eigenvalue weighted by Crippen LogP contribution is -2.49. The van der Waals surface area contributed by atoms with Crippen LogP contribution in [0.15, 0.2) is 61.1 Å². The Morgan fingerprint density at radius 1 is 1.16 bits per heavy atom. The maximum absolute atomic E-state index is 14.5. The number of nitriles is 1. The van der Waals surface area contributed by atoms with Crippen LogP contribution in [0.5, 0.6) is 0 Å². The molecule has 2 aromatic heterocycles. The second-order valence-electron chi connectivity index (χ2n) is 10.9. The number of anilines is 2. The van der Waals surface area contributed by atoms with E-state index >= 15 is 0 Å². The molecule has 13 heteroatoms. The van der Waals surface area contributed by atoms with Gasteiger partial charge in [-0.2, -0.15) is 5.26 Å². The van der Waals surface area contributed by atoms with Crippen LogP contribution in [0.3, 0.4) is 0 Å². The molecule has 0 spiro atoms. The summed E-state index contributed by atoms with van der Waals surface area (Å²) in [6.07, 6.45) is 2.99. The van der Waals surface area contributed by atoms with Gasteiger partial charge in [-0.15, -0.1) is 0 Å². The van der Waals surface area contributed by atoms with Crippen LogP contribution in [0.1, 0.15) is 62.1 Å². The van der Waals surface area contributed by atoms with E-state index in [9.17, 15) is 32.8 Å². The molecule has 1 saturated heterocycles. The van der Waals surface area contributed by atoms with Crippen molar-refractivity contribution in [3.05, 3.63) is 83.0 Å². The van der Waals surface area contributed by atoms with Crippen molar-refractivity contribution in [1.82, 2.24) is 15.3 Å². The highest BCUT2D eigenvalue weighted by Crippen LogP contribution is 2.37. The molecule has 1 aliphatic carbocycles. The van der Waals surface area contributed by atoms with E-state index in [1.807, 2.05) is 6.07 Å². The van der Waals surface area contributed by atoms with Crippen LogP contribution in [-0.2, 0) is 14.4 Å². The first kappa shape index (κ1) is 30.9. The molecule has 9 nitrogen and oxygen atoms in total. The summed E-state index contributed by atoms with van der Waals surface area (Å²) in [6.45, 7) is 0. The van der Waals surface area contributed by atoms with Gasteiger partial charge in [-0.1, -0.05) is 29.8 Å². The monoisotopic (exact) mass is 624 g/mol. The summed E-state index contributed by atoms with van der Waals surface area (Å²) in [4.78, 5) is 51.7. The van der Waals surface area contributed by atoms with Crippen LogP contribution in [0.25, 0.3) is 0 Å². The summed E-state index contributed by atoms with van der Waals surface area (Å²) in [5.41, 5.74) is 0.474. The smallest absolute Gasteiger partial charge is 0.248 e. The number of carbonyl (C=O) groups excluding carboxylic acids is 3. The van der Waals surface area contributed by atoms with E-state index in [1.54, 1.807) is 18.2 Å². The number of nitrogens with one attached hydrogen (secondary N) is 1. The molecule has 1 saturated carbocycles. The van der Waals surface area contributed by atoms with E-state index in [0.29, 0.717) is 0 Å². The summed E-state index contributed by atoms with van der Waals surface area (Å²) < 4.78 is 42.2. The van der Waals surface area contributed by atoms with Crippen LogP contribution >= 0.6 is 11.6 Å². The average Bonchev–Trinajstić information content (AvgIpc) is 3.36. The van der Waals surface area contributed by atoms with Gasteiger partial charge >= 0.3 is 0 Å². The SMILES string of the molecule is N#Cc1ccnc(N2C(=O)CC[C@H]2CC(=O)N(c2cncc(F)c2)[C@H](C(=O)NC2CCC(F)(F)CC2)c2ccccc2Cl)c1. The molecule has 0 radical (unpaired) electrons. The van der Waals surface area contributed by atoms with Gasteiger partial charge in [-0.05, 0) is 37.5 Å². The zero-order valence-corrected chi connectivity index (χ0v) is 24.2. The third-order valence-electron chi connectivity index (χ3n) is 7.86. The van der Waals surface area contributed by atoms with Crippen LogP contribution in [-0.4, -0.2) is 45.7 Å². The van der Waals surface area contributed by atoms with Crippen molar-refractivity contribution in [1.29, 1.82) is 5.26 Å². The normalized spacial score (nSPS) is 18.8. The number of nitrogens with zero attached hydrogens (tertiary/aromatic N) is 5. The van der Waals surface area contributed by atoms with Gasteiger partial charge in [0, 0.05) is 60.6 Å². The molecule has 3 amide bonds. The third kappa shape index (κ3) is 6.83. The second-order valence-corrected chi connectivity index (χ2v) is 11.3. The van der Waals surface area contributed by atoms with Crippen LogP contribution in [0.4, 0.5) is 24.7 Å². The standard InChI is InChI=1S/C31H28ClF3N6O3/c32-25-4-2-1-3-24(25)29(30(44)39-21-7-10-31(34,35)11-8-21)41(23-14-20(33)17-37-18-23)28(43)15-22-5-6-27(42)40(22)26-13-19(16-36)9-12-38-26/h1-4,9,12-14,17-18,21-22,29H,5-8,10-11,15H2,(H,39,44)/t22-,29-/m0/s1. The predicted molar refractivity (Wildman–Crippen MR) is 155 cm³/mol. The van der Waals surface area contributed by atoms with E-state index in [-0.39, 0.29) is 65.7 Å². The molecule has 0 bridgehead atoms. The van der Waals surface area contributed by atoms with Gasteiger partial charge in [-0.25, -0.2) is 18.2 Å². The number of amides is 3. The molecule has 228 valence electrons. The topological polar surface area (TPSA) is 119 Å². The molecule has 2 atom stereocenters. The van der Waals surface area contributed by atoms with Gasteiger partial charge in [0.1, 0.15) is 17.7 Å². The lowest BCUT2D eigenvalue weighted by molar-refractivity contribution is -0.128. The van der Waals surface area contributed by atoms with Gasteiger partial charge < -0.3 is 5.32 Å². The maximum Gasteiger partial charge on any atom is 0.248 e. The van der Waals surface area contributed by atoms with E-state index in [4.69, 9.17) is 11.6 Å². The quantitative estimate of drug-likeness (QED) is 0.354. The largest absolute Gasteiger partial charge is 0.351 e. The van der Waals surface area contributed by atoms with Crippen LogP contribution in [0.2, 0.25) is 5.02 Å². The summed E-state index contributed by atoms with van der Waals surface area (Å²) in [5, 5.41) is 12.3. The van der Waals surface area contributed by atoms with E-state index in [1.165, 1.54) is 35.5 Å². The zero-order valence-electron chi connectivity index (χ0n) is 23.4. The number of benzene rings is 1. The highest BCUT2D eigenvalue weighted by molar-refractivity contribution is 6.31. The molecule has 1 N–H and O–H groups in total. The van der Waals surface area contributed by atoms with E-state index in [0.717, 1.165) is 17.2 Å². The summed E-state index contributed by atoms with van der Waals surface area (Å²) in [5.74, 6) is -4.99. The minimum Gasteiger partial charge on any atom is -0.351 e. The molecule has 2 aliphatic rings. The first-order valence-electron chi connectivity index (χ1n) is 14.1. The summed E-state index contributed by atoms with van der Waals surface area (Å²) in [7, 11) is 0. The van der Waals surface area contributed by atoms with Gasteiger partial charge in [0.25, 0.3) is 0 Å². The Hall–Kier alpha value is -4.50. The third-order valence-corrected chi connectivity index (χ3v) is 8.21. The number of carbonyl (C=O) groups is 3. The van der Waals surface area contributed by atoms with Gasteiger partial charge in [0.05, 0.1) is 29.7 Å². The van der Waals surface area contributed by atoms with E-state index in [2.05, 4.69) is 15.3 Å². The highest BCUT2D eigenvalue weighted by atomic mass is 35.5. The molecule has 3 aromatic rings. The predicted octanol–water partition coefficient (Wildman–Crippen LogP) is 5.49. The molecule has 2 fully saturated rings. The molecule has 0 unspecified atom stereocenters. The number of hydrogen-bond donors (Lipinski definition) is 1. The molecule has 5 rings (SSSR count). The highest BCUT2D eigenvalue weighted by Gasteiger charge is 2.41. The fourth-order valence-corrected chi connectivity index (χ4v) is 5.94. The van der Waals surface area contributed by atoms with Crippen molar-refractivity contribution >= 4 is 40.8 Å². The summed E-state index contributed by atoms with van der Waals surface area (Å²) in [6, 6.07) is 9.67. The van der Waals surface area contributed by atoms with Crippen LogP contribution in [0, 0.1) is 17.1 Å². The Bertz CT molecular complexity index is 1610. The lowest BCUT2D eigenvalue weighted by Gasteiger charge is -2.35. The van der Waals surface area contributed by atoms with Gasteiger partial charge in [-0.3, -0.25) is 29.2 Å². The fraction of sp³-hybridized carbons (Fsp3) is 0.355. The Morgan fingerprint density at radius 3 is 2.61 bits per heavy atom.